The highest BCUT2D eigenvalue weighted by Gasteiger charge is 2.47. The summed E-state index contributed by atoms with van der Waals surface area (Å²) >= 11 is 10.5. The van der Waals surface area contributed by atoms with Crippen molar-refractivity contribution in [3.05, 3.63) is 20.6 Å². The van der Waals surface area contributed by atoms with Crippen molar-refractivity contribution in [2.75, 3.05) is 17.3 Å². The predicted molar refractivity (Wildman–Crippen MR) is 96.9 cm³/mol. The number of ether oxygens (including phenoxy) is 1. The first-order chi connectivity index (χ1) is 9.63. The molecule has 0 aliphatic carbocycles. The highest BCUT2D eigenvalue weighted by Crippen LogP contribution is 2.49. The van der Waals surface area contributed by atoms with Crippen LogP contribution >= 0.6 is 47.8 Å². The van der Waals surface area contributed by atoms with Crippen LogP contribution in [-0.4, -0.2) is 23.3 Å². The average molecular weight is 484 g/mol. The molecule has 1 aromatic carbocycles. The van der Waals surface area contributed by atoms with E-state index in [-0.39, 0.29) is 5.78 Å². The molecule has 1 heterocycles. The third kappa shape index (κ3) is 2.91. The van der Waals surface area contributed by atoms with E-state index in [0.29, 0.717) is 6.61 Å². The van der Waals surface area contributed by atoms with Crippen molar-refractivity contribution in [2.24, 2.45) is 0 Å². The number of hydrogen-bond donors (Lipinski definition) is 1. The zero-order chi connectivity index (χ0) is 16.0. The monoisotopic (exact) mass is 481 g/mol. The van der Waals surface area contributed by atoms with E-state index in [9.17, 15) is 4.79 Å². The quantitative estimate of drug-likeness (QED) is 0.612. The van der Waals surface area contributed by atoms with Crippen molar-refractivity contribution in [1.29, 1.82) is 0 Å². The molecule has 0 saturated carbocycles. The Hall–Kier alpha value is -0.0700. The van der Waals surface area contributed by atoms with E-state index < -0.39 is 11.0 Å². The number of Topliss-reactive ketones (excluding diaryl/α,β-unsaturated/α-hetero) is 1. The molecule has 116 valence electrons. The van der Waals surface area contributed by atoms with Crippen molar-refractivity contribution in [1.82, 2.24) is 0 Å². The number of benzene rings is 1. The summed E-state index contributed by atoms with van der Waals surface area (Å²) in [5.41, 5.74) is 0.733. The van der Waals surface area contributed by atoms with Crippen LogP contribution in [0.15, 0.2) is 15.0 Å². The maximum absolute atomic E-state index is 12.7. The van der Waals surface area contributed by atoms with Gasteiger partial charge in [0.25, 0.3) is 0 Å². The first kappa shape index (κ1) is 17.3. The van der Waals surface area contributed by atoms with Crippen LogP contribution in [0.2, 0.25) is 0 Å². The van der Waals surface area contributed by atoms with Crippen LogP contribution in [0, 0.1) is 0 Å². The fourth-order valence-corrected chi connectivity index (χ4v) is 4.37. The smallest absolute Gasteiger partial charge is 0.167 e. The Kier molecular flexibility index (Phi) is 4.82. The molecule has 0 bridgehead atoms. The lowest BCUT2D eigenvalue weighted by Gasteiger charge is -2.42. The number of halogens is 3. The van der Waals surface area contributed by atoms with Crippen molar-refractivity contribution in [2.45, 2.75) is 38.6 Å². The minimum absolute atomic E-state index is 0.176. The Bertz CT molecular complexity index is 597. The fourth-order valence-electron chi connectivity index (χ4n) is 2.76. The molecule has 1 N–H and O–H groups in total. The van der Waals surface area contributed by atoms with Crippen molar-refractivity contribution in [3.8, 4) is 5.75 Å². The van der Waals surface area contributed by atoms with Gasteiger partial charge in [-0.1, -0.05) is 15.9 Å². The van der Waals surface area contributed by atoms with Crippen LogP contribution < -0.4 is 10.1 Å². The Morgan fingerprint density at radius 3 is 2.43 bits per heavy atom. The molecular formula is C15H18Br3NO2. The number of fused-ring (bicyclic) bond motifs is 1. The van der Waals surface area contributed by atoms with E-state index in [1.165, 1.54) is 0 Å². The Balaban J connectivity index is 2.64. The zero-order valence-electron chi connectivity index (χ0n) is 12.4. The Morgan fingerprint density at radius 1 is 1.24 bits per heavy atom. The summed E-state index contributed by atoms with van der Waals surface area (Å²) < 4.78 is 7.47. The summed E-state index contributed by atoms with van der Waals surface area (Å²) in [6, 6.07) is 1.98. The predicted octanol–water partition coefficient (Wildman–Crippen LogP) is 5.04. The summed E-state index contributed by atoms with van der Waals surface area (Å²) in [5.74, 6) is 0.928. The number of carbonyl (C=O) groups is 1. The molecule has 1 aliphatic rings. The molecule has 0 unspecified atom stereocenters. The summed E-state index contributed by atoms with van der Waals surface area (Å²) in [5, 5.41) is 4.10. The minimum Gasteiger partial charge on any atom is -0.490 e. The largest absolute Gasteiger partial charge is 0.490 e. The maximum atomic E-state index is 12.7. The SMILES string of the molecule is CC1(C)Nc2c(cc(Br)c(OCCBr)c2Br)C(C)(C)C1=O. The normalized spacial score (nSPS) is 18.9. The summed E-state index contributed by atoms with van der Waals surface area (Å²) in [6.45, 7) is 8.33. The second kappa shape index (κ2) is 5.85. The van der Waals surface area contributed by atoms with E-state index >= 15 is 0 Å². The number of ketones is 1. The van der Waals surface area contributed by atoms with Gasteiger partial charge in [0.1, 0.15) is 5.75 Å². The van der Waals surface area contributed by atoms with Gasteiger partial charge in [-0.15, -0.1) is 0 Å². The van der Waals surface area contributed by atoms with Gasteiger partial charge in [-0.2, -0.15) is 0 Å². The van der Waals surface area contributed by atoms with Gasteiger partial charge < -0.3 is 10.1 Å². The molecule has 3 nitrogen and oxygen atoms in total. The second-order valence-corrected chi connectivity index (χ2v) is 8.61. The van der Waals surface area contributed by atoms with Crippen molar-refractivity contribution >= 4 is 59.3 Å². The van der Waals surface area contributed by atoms with Crippen molar-refractivity contribution in [3.63, 3.8) is 0 Å². The van der Waals surface area contributed by atoms with Gasteiger partial charge in [0, 0.05) is 5.33 Å². The number of carbonyl (C=O) groups excluding carboxylic acids is 1. The van der Waals surface area contributed by atoms with Gasteiger partial charge in [-0.05, 0) is 71.2 Å². The lowest BCUT2D eigenvalue weighted by atomic mass is 9.70. The third-order valence-corrected chi connectivity index (χ3v) is 5.42. The first-order valence-electron chi connectivity index (χ1n) is 6.67. The molecule has 0 aromatic heterocycles. The number of nitrogens with one attached hydrogen (secondary N) is 1. The highest BCUT2D eigenvalue weighted by atomic mass is 79.9. The maximum Gasteiger partial charge on any atom is 0.167 e. The third-order valence-electron chi connectivity index (χ3n) is 3.75. The van der Waals surface area contributed by atoms with E-state index in [2.05, 4.69) is 53.1 Å². The summed E-state index contributed by atoms with van der Waals surface area (Å²) in [4.78, 5) is 12.7. The molecule has 1 aromatic rings. The van der Waals surface area contributed by atoms with Gasteiger partial charge in [0.05, 0.1) is 32.2 Å². The average Bonchev–Trinajstić information content (AvgIpc) is 2.39. The molecule has 1 aliphatic heterocycles. The van der Waals surface area contributed by atoms with E-state index in [0.717, 1.165) is 31.3 Å². The summed E-state index contributed by atoms with van der Waals surface area (Å²) in [6.07, 6.45) is 0. The molecule has 0 atom stereocenters. The van der Waals surface area contributed by atoms with Crippen molar-refractivity contribution < 1.29 is 9.53 Å². The van der Waals surface area contributed by atoms with Gasteiger partial charge in [-0.25, -0.2) is 0 Å². The number of hydrogen-bond acceptors (Lipinski definition) is 3. The Labute approximate surface area is 150 Å². The highest BCUT2D eigenvalue weighted by molar-refractivity contribution is 9.11. The fraction of sp³-hybridized carbons (Fsp3) is 0.533. The van der Waals surface area contributed by atoms with Gasteiger partial charge >= 0.3 is 0 Å². The second-order valence-electron chi connectivity index (χ2n) is 6.17. The van der Waals surface area contributed by atoms with Crippen LogP contribution in [0.25, 0.3) is 0 Å². The van der Waals surface area contributed by atoms with E-state index in [4.69, 9.17) is 4.74 Å². The van der Waals surface area contributed by atoms with Gasteiger partial charge in [-0.3, -0.25) is 4.79 Å². The molecule has 0 amide bonds. The molecule has 0 saturated heterocycles. The molecule has 0 radical (unpaired) electrons. The van der Waals surface area contributed by atoms with Crippen LogP contribution in [-0.2, 0) is 10.2 Å². The molecule has 6 heteroatoms. The van der Waals surface area contributed by atoms with Crippen LogP contribution in [0.4, 0.5) is 5.69 Å². The molecular weight excluding hydrogens is 466 g/mol. The molecule has 21 heavy (non-hydrogen) atoms. The molecule has 0 fully saturated rings. The molecule has 2 rings (SSSR count). The lowest BCUT2D eigenvalue weighted by Crippen LogP contribution is -2.53. The molecule has 0 spiro atoms. The van der Waals surface area contributed by atoms with Crippen LogP contribution in [0.3, 0.4) is 0 Å². The van der Waals surface area contributed by atoms with Crippen LogP contribution in [0.1, 0.15) is 33.3 Å². The van der Waals surface area contributed by atoms with E-state index in [1.807, 2.05) is 33.8 Å². The number of anilines is 1. The van der Waals surface area contributed by atoms with E-state index in [1.54, 1.807) is 0 Å². The van der Waals surface area contributed by atoms with Crippen LogP contribution in [0.5, 0.6) is 5.75 Å². The minimum atomic E-state index is -0.612. The number of rotatable bonds is 3. The first-order valence-corrected chi connectivity index (χ1v) is 9.38. The van der Waals surface area contributed by atoms with Gasteiger partial charge in [0.2, 0.25) is 0 Å². The summed E-state index contributed by atoms with van der Waals surface area (Å²) in [7, 11) is 0. The number of alkyl halides is 1. The Morgan fingerprint density at radius 2 is 1.86 bits per heavy atom. The lowest BCUT2D eigenvalue weighted by molar-refractivity contribution is -0.127. The topological polar surface area (TPSA) is 38.3 Å². The standard InChI is InChI=1S/C15H18Br3NO2/c1-14(2)8-7-9(17)12(21-6-5-16)10(18)11(8)19-15(3,4)13(14)20/h7,19H,5-6H2,1-4H3. The zero-order valence-corrected chi connectivity index (χ0v) is 17.2. The van der Waals surface area contributed by atoms with Gasteiger partial charge in [0.15, 0.2) is 5.78 Å².